The third kappa shape index (κ3) is 3.00. The molecule has 0 aliphatic rings. The van der Waals surface area contributed by atoms with Gasteiger partial charge < -0.3 is 24.1 Å². The Bertz CT molecular complexity index is 614. The van der Waals surface area contributed by atoms with Gasteiger partial charge in [-0.25, -0.2) is 4.68 Å². The summed E-state index contributed by atoms with van der Waals surface area (Å²) in [6.07, 6.45) is 0. The van der Waals surface area contributed by atoms with E-state index in [-0.39, 0.29) is 13.3 Å². The zero-order valence-electron chi connectivity index (χ0n) is 13.1. The van der Waals surface area contributed by atoms with Crippen molar-refractivity contribution in [2.24, 2.45) is 0 Å². The molecule has 22 heavy (non-hydrogen) atoms. The number of aliphatic hydroxyl groups excluding tert-OH is 1. The third-order valence-corrected chi connectivity index (χ3v) is 3.20. The lowest BCUT2D eigenvalue weighted by atomic mass is 10.1. The minimum absolute atomic E-state index is 0.145. The van der Waals surface area contributed by atoms with Gasteiger partial charge in [-0.3, -0.25) is 0 Å². The summed E-state index contributed by atoms with van der Waals surface area (Å²) in [7, 11) is 6.26. The first-order valence-corrected chi connectivity index (χ1v) is 6.65. The number of hydrogen-bond donors (Lipinski definition) is 1. The molecule has 0 bridgehead atoms. The van der Waals surface area contributed by atoms with E-state index in [0.29, 0.717) is 22.9 Å². The number of rotatable bonds is 7. The van der Waals surface area contributed by atoms with Gasteiger partial charge in [0.25, 0.3) is 0 Å². The van der Waals surface area contributed by atoms with Crippen molar-refractivity contribution in [2.45, 2.75) is 13.3 Å². The Morgan fingerprint density at radius 1 is 1.00 bits per heavy atom. The van der Waals surface area contributed by atoms with E-state index >= 15 is 0 Å². The quantitative estimate of drug-likeness (QED) is 0.838. The highest BCUT2D eigenvalue weighted by Crippen LogP contribution is 2.41. The predicted octanol–water partition coefficient (Wildman–Crippen LogP) is 1.67. The number of nitrogens with zero attached hydrogens (tertiary/aromatic N) is 2. The summed E-state index contributed by atoms with van der Waals surface area (Å²) in [5, 5.41) is 13.6. The van der Waals surface area contributed by atoms with Crippen LogP contribution in [0.25, 0.3) is 11.3 Å². The van der Waals surface area contributed by atoms with Crippen LogP contribution in [0.3, 0.4) is 0 Å². The van der Waals surface area contributed by atoms with E-state index in [0.717, 1.165) is 11.3 Å². The number of ether oxygens (including phenoxy) is 4. The van der Waals surface area contributed by atoms with Crippen molar-refractivity contribution in [2.75, 3.05) is 28.4 Å². The fourth-order valence-electron chi connectivity index (χ4n) is 2.23. The monoisotopic (exact) mass is 308 g/mol. The average molecular weight is 308 g/mol. The van der Waals surface area contributed by atoms with Crippen LogP contribution in [0, 0.1) is 0 Å². The molecule has 1 heterocycles. The molecule has 0 unspecified atom stereocenters. The highest BCUT2D eigenvalue weighted by molar-refractivity contribution is 5.69. The van der Waals surface area contributed by atoms with Crippen molar-refractivity contribution in [3.63, 3.8) is 0 Å². The van der Waals surface area contributed by atoms with E-state index in [1.165, 1.54) is 0 Å². The van der Waals surface area contributed by atoms with Crippen LogP contribution >= 0.6 is 0 Å². The zero-order valence-corrected chi connectivity index (χ0v) is 13.1. The molecule has 0 fully saturated rings. The van der Waals surface area contributed by atoms with Gasteiger partial charge in [0.1, 0.15) is 6.73 Å². The third-order valence-electron chi connectivity index (χ3n) is 3.20. The Morgan fingerprint density at radius 3 is 2.09 bits per heavy atom. The van der Waals surface area contributed by atoms with Crippen molar-refractivity contribution >= 4 is 0 Å². The van der Waals surface area contributed by atoms with Crippen molar-refractivity contribution in [1.29, 1.82) is 0 Å². The summed E-state index contributed by atoms with van der Waals surface area (Å²) < 4.78 is 22.8. The normalized spacial score (nSPS) is 10.6. The standard InChI is InChI=1S/C15H20N2O5/c1-19-9-17-12(7-11(8-18)16-17)10-5-13(20-2)15(22-4)14(6-10)21-3/h5-7,18H,8-9H2,1-4H3. The molecule has 2 aromatic rings. The van der Waals surface area contributed by atoms with Gasteiger partial charge in [-0.1, -0.05) is 0 Å². The van der Waals surface area contributed by atoms with Crippen molar-refractivity contribution in [3.8, 4) is 28.5 Å². The summed E-state index contributed by atoms with van der Waals surface area (Å²) in [6, 6.07) is 5.44. The van der Waals surface area contributed by atoms with Crippen LogP contribution in [0.1, 0.15) is 5.69 Å². The summed E-state index contributed by atoms with van der Waals surface area (Å²) in [6.45, 7) is 0.125. The summed E-state index contributed by atoms with van der Waals surface area (Å²) >= 11 is 0. The molecular weight excluding hydrogens is 288 g/mol. The molecule has 0 aliphatic heterocycles. The Kier molecular flexibility index (Phi) is 5.24. The van der Waals surface area contributed by atoms with Gasteiger partial charge in [-0.2, -0.15) is 5.10 Å². The maximum Gasteiger partial charge on any atom is 0.203 e. The smallest absolute Gasteiger partial charge is 0.203 e. The van der Waals surface area contributed by atoms with Gasteiger partial charge in [-0.05, 0) is 18.2 Å². The van der Waals surface area contributed by atoms with E-state index < -0.39 is 0 Å². The number of hydrogen-bond acceptors (Lipinski definition) is 6. The highest BCUT2D eigenvalue weighted by Gasteiger charge is 2.17. The van der Waals surface area contributed by atoms with Gasteiger partial charge >= 0.3 is 0 Å². The topological polar surface area (TPSA) is 75.0 Å². The molecule has 0 amide bonds. The number of methoxy groups -OCH3 is 4. The maximum atomic E-state index is 9.29. The second-order valence-electron chi connectivity index (χ2n) is 4.51. The van der Waals surface area contributed by atoms with Crippen LogP contribution in [-0.4, -0.2) is 43.3 Å². The van der Waals surface area contributed by atoms with E-state index in [1.54, 1.807) is 39.2 Å². The SMILES string of the molecule is COCn1nc(CO)cc1-c1cc(OC)c(OC)c(OC)c1. The molecule has 1 N–H and O–H groups in total. The lowest BCUT2D eigenvalue weighted by molar-refractivity contribution is 0.121. The van der Waals surface area contributed by atoms with E-state index in [9.17, 15) is 5.11 Å². The Labute approximate surface area is 129 Å². The van der Waals surface area contributed by atoms with Crippen LogP contribution < -0.4 is 14.2 Å². The maximum absolute atomic E-state index is 9.29. The first-order chi connectivity index (χ1) is 10.7. The summed E-state index contributed by atoms with van der Waals surface area (Å²) in [5.74, 6) is 1.62. The Hall–Kier alpha value is -2.25. The Balaban J connectivity index is 2.59. The number of benzene rings is 1. The van der Waals surface area contributed by atoms with E-state index in [4.69, 9.17) is 18.9 Å². The van der Waals surface area contributed by atoms with Crippen LogP contribution in [0.15, 0.2) is 18.2 Å². The fraction of sp³-hybridized carbons (Fsp3) is 0.400. The minimum Gasteiger partial charge on any atom is -0.493 e. The molecule has 7 heteroatoms. The van der Waals surface area contributed by atoms with Gasteiger partial charge in [0, 0.05) is 12.7 Å². The van der Waals surface area contributed by atoms with Crippen molar-refractivity contribution < 1.29 is 24.1 Å². The largest absolute Gasteiger partial charge is 0.493 e. The number of aromatic nitrogens is 2. The molecule has 0 saturated heterocycles. The highest BCUT2D eigenvalue weighted by atomic mass is 16.5. The molecule has 1 aromatic carbocycles. The molecule has 0 saturated carbocycles. The van der Waals surface area contributed by atoms with Gasteiger partial charge in [-0.15, -0.1) is 0 Å². The summed E-state index contributed by atoms with van der Waals surface area (Å²) in [4.78, 5) is 0. The van der Waals surface area contributed by atoms with Gasteiger partial charge in [0.05, 0.1) is 39.3 Å². The van der Waals surface area contributed by atoms with Crippen LogP contribution in [-0.2, 0) is 18.1 Å². The molecule has 0 spiro atoms. The average Bonchev–Trinajstić information content (AvgIpc) is 2.96. The minimum atomic E-state index is -0.145. The first kappa shape index (κ1) is 16.1. The van der Waals surface area contributed by atoms with Crippen LogP contribution in [0.2, 0.25) is 0 Å². The molecule has 7 nitrogen and oxygen atoms in total. The lowest BCUT2D eigenvalue weighted by Crippen LogP contribution is -2.05. The molecule has 0 aliphatic carbocycles. The lowest BCUT2D eigenvalue weighted by Gasteiger charge is -2.14. The fourth-order valence-corrected chi connectivity index (χ4v) is 2.23. The predicted molar refractivity (Wildman–Crippen MR) is 80.3 cm³/mol. The molecular formula is C15H20N2O5. The molecule has 2 rings (SSSR count). The van der Waals surface area contributed by atoms with Crippen molar-refractivity contribution in [1.82, 2.24) is 9.78 Å². The van der Waals surface area contributed by atoms with Gasteiger partial charge in [0.15, 0.2) is 11.5 Å². The zero-order chi connectivity index (χ0) is 16.1. The second-order valence-corrected chi connectivity index (χ2v) is 4.51. The summed E-state index contributed by atoms with van der Waals surface area (Å²) in [5.41, 5.74) is 2.16. The van der Waals surface area contributed by atoms with Crippen molar-refractivity contribution in [3.05, 3.63) is 23.9 Å². The van der Waals surface area contributed by atoms with E-state index in [2.05, 4.69) is 5.10 Å². The van der Waals surface area contributed by atoms with Crippen LogP contribution in [0.4, 0.5) is 0 Å². The number of aliphatic hydroxyl groups is 1. The van der Waals surface area contributed by atoms with E-state index in [1.807, 2.05) is 12.1 Å². The molecule has 0 radical (unpaired) electrons. The first-order valence-electron chi connectivity index (χ1n) is 6.65. The molecule has 1 aromatic heterocycles. The molecule has 0 atom stereocenters. The second kappa shape index (κ2) is 7.15. The molecule has 120 valence electrons. The van der Waals surface area contributed by atoms with Gasteiger partial charge in [0.2, 0.25) is 5.75 Å². The Morgan fingerprint density at radius 2 is 1.64 bits per heavy atom. The van der Waals surface area contributed by atoms with Crippen LogP contribution in [0.5, 0.6) is 17.2 Å².